The Morgan fingerprint density at radius 3 is 2.28 bits per heavy atom. The molecule has 0 aromatic heterocycles. The lowest BCUT2D eigenvalue weighted by molar-refractivity contribution is -0.236. The first-order chi connectivity index (χ1) is 8.33. The van der Waals surface area contributed by atoms with Gasteiger partial charge in [0.25, 0.3) is 0 Å². The zero-order chi connectivity index (χ0) is 13.4. The number of rotatable bonds is 2. The molecule has 1 aliphatic rings. The van der Waals surface area contributed by atoms with Crippen molar-refractivity contribution in [3.05, 3.63) is 40.9 Å². The van der Waals surface area contributed by atoms with E-state index in [0.717, 1.165) is 23.4 Å². The summed E-state index contributed by atoms with van der Waals surface area (Å²) in [7, 11) is 0. The lowest BCUT2D eigenvalue weighted by atomic mass is 9.97. The number of benzene rings is 1. The average Bonchev–Trinajstić information content (AvgIpc) is 2.54. The van der Waals surface area contributed by atoms with Gasteiger partial charge in [-0.25, -0.2) is 0 Å². The summed E-state index contributed by atoms with van der Waals surface area (Å²) in [5, 5.41) is 14.2. The van der Waals surface area contributed by atoms with Crippen molar-refractivity contribution in [1.82, 2.24) is 5.06 Å². The van der Waals surface area contributed by atoms with Gasteiger partial charge in [0.1, 0.15) is 0 Å². The molecule has 2 rings (SSSR count). The van der Waals surface area contributed by atoms with E-state index in [4.69, 9.17) is 11.6 Å². The molecule has 1 fully saturated rings. The maximum Gasteiger partial charge on any atom is 0.0654 e. The Kier molecular flexibility index (Phi) is 3.54. The largest absolute Gasteiger partial charge is 0.140 e. The zero-order valence-electron chi connectivity index (χ0n) is 11.1. The second-order valence-electron chi connectivity index (χ2n) is 5.85. The Morgan fingerprint density at radius 2 is 1.78 bits per heavy atom. The minimum atomic E-state index is -0.400. The van der Waals surface area contributed by atoms with Gasteiger partial charge in [0.05, 0.1) is 5.54 Å². The van der Waals surface area contributed by atoms with E-state index in [1.807, 2.05) is 57.2 Å². The summed E-state index contributed by atoms with van der Waals surface area (Å²) in [4.78, 5) is 0. The second kappa shape index (κ2) is 4.69. The van der Waals surface area contributed by atoms with Crippen LogP contribution in [0.5, 0.6) is 0 Å². The molecule has 1 unspecified atom stereocenters. The summed E-state index contributed by atoms with van der Waals surface area (Å²) < 4.78 is 0. The van der Waals surface area contributed by atoms with Gasteiger partial charge in [-0.15, -0.1) is 10.3 Å². The number of nitrogens with zero attached hydrogens (tertiary/aromatic N) is 1. The number of halogens is 1. The summed E-state index contributed by atoms with van der Waals surface area (Å²) in [6, 6.07) is 7.63. The maximum atomic E-state index is 12.3. The molecular formula is C15H19ClNO. The summed E-state index contributed by atoms with van der Waals surface area (Å²) in [5.41, 5.74) is 0.404. The third-order valence-electron chi connectivity index (χ3n) is 3.76. The van der Waals surface area contributed by atoms with Gasteiger partial charge in [-0.2, -0.15) is 0 Å². The molecule has 1 aromatic rings. The first-order valence-electron chi connectivity index (χ1n) is 6.26. The molecule has 0 N–H and O–H groups in total. The molecule has 0 amide bonds. The van der Waals surface area contributed by atoms with Crippen LogP contribution in [0, 0.1) is 0 Å². The summed E-state index contributed by atoms with van der Waals surface area (Å²) in [5.74, 6) is 0. The predicted molar refractivity (Wildman–Crippen MR) is 74.7 cm³/mol. The smallest absolute Gasteiger partial charge is 0.0654 e. The molecule has 1 aliphatic heterocycles. The molecule has 0 bridgehead atoms. The highest BCUT2D eigenvalue weighted by atomic mass is 35.5. The Balaban J connectivity index is 2.16. The fraction of sp³-hybridized carbons (Fsp3) is 0.467. The Labute approximate surface area is 114 Å². The summed E-state index contributed by atoms with van der Waals surface area (Å²) in [6.45, 7) is 6.00. The van der Waals surface area contributed by atoms with Crippen molar-refractivity contribution in [3.8, 4) is 0 Å². The maximum absolute atomic E-state index is 12.3. The van der Waals surface area contributed by atoms with E-state index in [-0.39, 0.29) is 5.54 Å². The minimum Gasteiger partial charge on any atom is -0.140 e. The highest BCUT2D eigenvalue weighted by molar-refractivity contribution is 6.30. The molecule has 1 heterocycles. The van der Waals surface area contributed by atoms with E-state index in [0.29, 0.717) is 0 Å². The molecule has 0 saturated carbocycles. The van der Waals surface area contributed by atoms with Crippen molar-refractivity contribution in [2.24, 2.45) is 0 Å². The van der Waals surface area contributed by atoms with Gasteiger partial charge in [0, 0.05) is 10.6 Å². The standard InChI is InChI=1S/C15H19ClNO/c1-14(2)10-11-15(3,17(14)18)9-8-12-4-6-13(16)7-5-12/h4-9H,10-11H2,1-3H3/b9-8+. The van der Waals surface area contributed by atoms with Crippen LogP contribution < -0.4 is 0 Å². The fourth-order valence-corrected chi connectivity index (χ4v) is 2.58. The molecule has 1 atom stereocenters. The third-order valence-corrected chi connectivity index (χ3v) is 4.01. The van der Waals surface area contributed by atoms with E-state index in [1.165, 1.54) is 5.06 Å². The van der Waals surface area contributed by atoms with Gasteiger partial charge < -0.3 is 0 Å². The van der Waals surface area contributed by atoms with Crippen molar-refractivity contribution in [3.63, 3.8) is 0 Å². The fourth-order valence-electron chi connectivity index (χ4n) is 2.45. The first kappa shape index (κ1) is 13.6. The quantitative estimate of drug-likeness (QED) is 0.780. The molecule has 1 radical (unpaired) electrons. The van der Waals surface area contributed by atoms with E-state index in [2.05, 4.69) is 0 Å². The average molecular weight is 265 g/mol. The van der Waals surface area contributed by atoms with Crippen LogP contribution in [0.2, 0.25) is 5.02 Å². The van der Waals surface area contributed by atoms with Gasteiger partial charge in [0.2, 0.25) is 0 Å². The Bertz CT molecular complexity index is 452. The van der Waals surface area contributed by atoms with Crippen LogP contribution >= 0.6 is 11.6 Å². The van der Waals surface area contributed by atoms with Gasteiger partial charge in [-0.3, -0.25) is 0 Å². The van der Waals surface area contributed by atoms with E-state index in [9.17, 15) is 5.21 Å². The first-order valence-corrected chi connectivity index (χ1v) is 6.64. The van der Waals surface area contributed by atoms with Crippen LogP contribution in [0.25, 0.3) is 6.08 Å². The SMILES string of the molecule is CC1(C)CCC(C)(/C=C/c2ccc(Cl)cc2)N1[O]. The lowest BCUT2D eigenvalue weighted by Gasteiger charge is -2.32. The van der Waals surface area contributed by atoms with Gasteiger partial charge in [-0.05, 0) is 51.3 Å². The van der Waals surface area contributed by atoms with E-state index in [1.54, 1.807) is 0 Å². The molecule has 3 heteroatoms. The second-order valence-corrected chi connectivity index (χ2v) is 6.29. The molecule has 97 valence electrons. The van der Waals surface area contributed by atoms with Crippen molar-refractivity contribution in [1.29, 1.82) is 0 Å². The van der Waals surface area contributed by atoms with Crippen LogP contribution in [-0.2, 0) is 5.21 Å². The van der Waals surface area contributed by atoms with Crippen LogP contribution in [0.4, 0.5) is 0 Å². The molecule has 2 nitrogen and oxygen atoms in total. The number of hydrogen-bond acceptors (Lipinski definition) is 1. The van der Waals surface area contributed by atoms with E-state index < -0.39 is 5.54 Å². The normalized spacial score (nSPS) is 28.1. The molecular weight excluding hydrogens is 246 g/mol. The van der Waals surface area contributed by atoms with Gasteiger partial charge >= 0.3 is 0 Å². The van der Waals surface area contributed by atoms with E-state index >= 15 is 0 Å². The van der Waals surface area contributed by atoms with Crippen LogP contribution in [0.1, 0.15) is 39.2 Å². The molecule has 18 heavy (non-hydrogen) atoms. The van der Waals surface area contributed by atoms with Crippen LogP contribution in [0.3, 0.4) is 0 Å². The van der Waals surface area contributed by atoms with Crippen molar-refractivity contribution < 1.29 is 5.21 Å². The molecule has 1 aromatic carbocycles. The van der Waals surface area contributed by atoms with Crippen molar-refractivity contribution >= 4 is 17.7 Å². The number of hydroxylamine groups is 2. The Morgan fingerprint density at radius 1 is 1.17 bits per heavy atom. The lowest BCUT2D eigenvalue weighted by Crippen LogP contribution is -2.45. The monoisotopic (exact) mass is 264 g/mol. The minimum absolute atomic E-state index is 0.265. The Hall–Kier alpha value is -0.830. The zero-order valence-corrected chi connectivity index (χ0v) is 11.9. The third kappa shape index (κ3) is 2.61. The molecule has 0 spiro atoms. The van der Waals surface area contributed by atoms with Crippen molar-refractivity contribution in [2.75, 3.05) is 0 Å². The predicted octanol–water partition coefficient (Wildman–Crippen LogP) is 4.33. The molecule has 1 saturated heterocycles. The summed E-state index contributed by atoms with van der Waals surface area (Å²) >= 11 is 5.84. The van der Waals surface area contributed by atoms with Crippen LogP contribution in [0.15, 0.2) is 30.3 Å². The van der Waals surface area contributed by atoms with Gasteiger partial charge in [0.15, 0.2) is 0 Å². The highest BCUT2D eigenvalue weighted by Gasteiger charge is 2.46. The topological polar surface area (TPSA) is 23.1 Å². The number of hydrogen-bond donors (Lipinski definition) is 0. The highest BCUT2D eigenvalue weighted by Crippen LogP contribution is 2.40. The summed E-state index contributed by atoms with van der Waals surface area (Å²) in [6.07, 6.45) is 5.84. The van der Waals surface area contributed by atoms with Gasteiger partial charge in [-0.1, -0.05) is 35.9 Å². The van der Waals surface area contributed by atoms with Crippen molar-refractivity contribution in [2.45, 2.75) is 44.7 Å². The molecule has 0 aliphatic carbocycles. The van der Waals surface area contributed by atoms with Crippen LogP contribution in [-0.4, -0.2) is 16.1 Å².